The number of pyridine rings is 1. The quantitative estimate of drug-likeness (QED) is 0.572. The predicted molar refractivity (Wildman–Crippen MR) is 43.8 cm³/mol. The molecule has 2 N–H and O–H groups in total. The van der Waals surface area contributed by atoms with Crippen LogP contribution in [0.4, 0.5) is 0 Å². The second kappa shape index (κ2) is 3.22. The Morgan fingerprint density at radius 2 is 2.18 bits per heavy atom. The first kappa shape index (κ1) is 8.52. The van der Waals surface area contributed by atoms with Crippen LogP contribution in [0.25, 0.3) is 0 Å². The summed E-state index contributed by atoms with van der Waals surface area (Å²) in [5, 5.41) is 17.8. The van der Waals surface area contributed by atoms with Crippen LogP contribution in [0.15, 0.2) is 12.3 Å². The standard InChI is InChI=1S/C6H7BClNO2/c1-4-2-5(7(10)11)6(8)3-9-4/h2-3,10-11H,1H3. The molecule has 58 valence electrons. The van der Waals surface area contributed by atoms with Crippen LogP contribution in [0.1, 0.15) is 5.69 Å². The van der Waals surface area contributed by atoms with Crippen molar-refractivity contribution >= 4 is 24.2 Å². The number of rotatable bonds is 1. The molecule has 1 heterocycles. The Morgan fingerprint density at radius 3 is 2.64 bits per heavy atom. The Labute approximate surface area is 69.8 Å². The highest BCUT2D eigenvalue weighted by molar-refractivity contribution is 6.62. The first-order valence-electron chi connectivity index (χ1n) is 3.09. The average Bonchev–Trinajstić information content (AvgIpc) is 1.94. The smallest absolute Gasteiger partial charge is 0.423 e. The third kappa shape index (κ3) is 1.93. The zero-order chi connectivity index (χ0) is 8.43. The molecule has 1 aromatic rings. The highest BCUT2D eigenvalue weighted by Crippen LogP contribution is 2.03. The zero-order valence-electron chi connectivity index (χ0n) is 5.95. The molecule has 0 aliphatic carbocycles. The normalized spacial score (nSPS) is 9.82. The molecule has 1 aromatic heterocycles. The molecule has 0 amide bonds. The van der Waals surface area contributed by atoms with E-state index in [1.54, 1.807) is 6.92 Å². The van der Waals surface area contributed by atoms with Crippen molar-refractivity contribution in [3.05, 3.63) is 23.0 Å². The molecule has 0 spiro atoms. The van der Waals surface area contributed by atoms with Crippen molar-refractivity contribution < 1.29 is 10.0 Å². The predicted octanol–water partition coefficient (Wildman–Crippen LogP) is -0.277. The lowest BCUT2D eigenvalue weighted by Crippen LogP contribution is -2.31. The minimum absolute atomic E-state index is 0.269. The highest BCUT2D eigenvalue weighted by Gasteiger charge is 2.14. The van der Waals surface area contributed by atoms with E-state index in [0.29, 0.717) is 11.2 Å². The number of halogens is 1. The summed E-state index contributed by atoms with van der Waals surface area (Å²) in [6.45, 7) is 1.75. The zero-order valence-corrected chi connectivity index (χ0v) is 6.71. The highest BCUT2D eigenvalue weighted by atomic mass is 35.5. The Balaban J connectivity index is 3.13. The molecular weight excluding hydrogens is 164 g/mol. The second-order valence-electron chi connectivity index (χ2n) is 2.22. The van der Waals surface area contributed by atoms with Gasteiger partial charge in [0, 0.05) is 17.4 Å². The summed E-state index contributed by atoms with van der Waals surface area (Å²) >= 11 is 5.61. The largest absolute Gasteiger partial charge is 0.490 e. The van der Waals surface area contributed by atoms with Gasteiger partial charge in [0.15, 0.2) is 0 Å². The maximum absolute atomic E-state index is 8.77. The molecule has 5 heteroatoms. The Kier molecular flexibility index (Phi) is 2.49. The van der Waals surface area contributed by atoms with Crippen molar-refractivity contribution in [2.24, 2.45) is 0 Å². The van der Waals surface area contributed by atoms with Gasteiger partial charge >= 0.3 is 7.12 Å². The van der Waals surface area contributed by atoms with Gasteiger partial charge in [0.1, 0.15) is 0 Å². The van der Waals surface area contributed by atoms with Crippen LogP contribution in [0, 0.1) is 6.92 Å². The first-order valence-corrected chi connectivity index (χ1v) is 3.47. The fourth-order valence-corrected chi connectivity index (χ4v) is 0.963. The van der Waals surface area contributed by atoms with E-state index in [1.165, 1.54) is 12.3 Å². The Morgan fingerprint density at radius 1 is 1.55 bits per heavy atom. The van der Waals surface area contributed by atoms with Crippen LogP contribution >= 0.6 is 11.6 Å². The van der Waals surface area contributed by atoms with E-state index in [1.807, 2.05) is 0 Å². The number of aromatic nitrogens is 1. The van der Waals surface area contributed by atoms with Gasteiger partial charge in [-0.25, -0.2) is 0 Å². The number of nitrogens with zero attached hydrogens (tertiary/aromatic N) is 1. The third-order valence-corrected chi connectivity index (χ3v) is 1.62. The summed E-state index contributed by atoms with van der Waals surface area (Å²) in [5.74, 6) is 0. The molecule has 1 rings (SSSR count). The fraction of sp³-hybridized carbons (Fsp3) is 0.167. The SMILES string of the molecule is Cc1cc(B(O)O)c(Cl)cn1. The maximum atomic E-state index is 8.77. The molecule has 0 fully saturated rings. The molecule has 3 nitrogen and oxygen atoms in total. The van der Waals surface area contributed by atoms with Gasteiger partial charge < -0.3 is 10.0 Å². The molecule has 0 atom stereocenters. The summed E-state index contributed by atoms with van der Waals surface area (Å²) in [6.07, 6.45) is 1.39. The lowest BCUT2D eigenvalue weighted by Gasteiger charge is -2.01. The molecule has 0 saturated heterocycles. The van der Waals surface area contributed by atoms with Crippen molar-refractivity contribution in [3.63, 3.8) is 0 Å². The second-order valence-corrected chi connectivity index (χ2v) is 2.63. The minimum Gasteiger partial charge on any atom is -0.423 e. The van der Waals surface area contributed by atoms with E-state index in [4.69, 9.17) is 21.6 Å². The molecule has 0 aliphatic heterocycles. The summed E-state index contributed by atoms with van der Waals surface area (Å²) in [6, 6.07) is 1.53. The van der Waals surface area contributed by atoms with Gasteiger partial charge in [0.05, 0.1) is 5.02 Å². The van der Waals surface area contributed by atoms with Crippen LogP contribution < -0.4 is 5.46 Å². The molecular formula is C6H7BClNO2. The lowest BCUT2D eigenvalue weighted by atomic mass is 9.80. The van der Waals surface area contributed by atoms with Gasteiger partial charge in [0.25, 0.3) is 0 Å². The van der Waals surface area contributed by atoms with E-state index >= 15 is 0 Å². The van der Waals surface area contributed by atoms with Crippen molar-refractivity contribution in [2.75, 3.05) is 0 Å². The van der Waals surface area contributed by atoms with Crippen molar-refractivity contribution in [1.29, 1.82) is 0 Å². The van der Waals surface area contributed by atoms with Crippen LogP contribution in [-0.4, -0.2) is 22.2 Å². The van der Waals surface area contributed by atoms with Crippen LogP contribution in [0.3, 0.4) is 0 Å². The van der Waals surface area contributed by atoms with Crippen molar-refractivity contribution in [1.82, 2.24) is 4.98 Å². The molecule has 0 aliphatic rings. The van der Waals surface area contributed by atoms with Crippen molar-refractivity contribution in [2.45, 2.75) is 6.92 Å². The molecule has 0 unspecified atom stereocenters. The maximum Gasteiger partial charge on any atom is 0.490 e. The van der Waals surface area contributed by atoms with Gasteiger partial charge in [-0.2, -0.15) is 0 Å². The van der Waals surface area contributed by atoms with Gasteiger partial charge in [-0.1, -0.05) is 11.6 Å². The van der Waals surface area contributed by atoms with Gasteiger partial charge in [0.2, 0.25) is 0 Å². The first-order chi connectivity index (χ1) is 5.11. The summed E-state index contributed by atoms with van der Waals surface area (Å²) in [4.78, 5) is 3.87. The average molecular weight is 171 g/mol. The Bertz CT molecular complexity index is 267. The number of hydrogen-bond acceptors (Lipinski definition) is 3. The summed E-state index contributed by atoms with van der Waals surface area (Å²) < 4.78 is 0. The molecule has 0 radical (unpaired) electrons. The van der Waals surface area contributed by atoms with E-state index in [-0.39, 0.29) is 5.02 Å². The molecule has 0 aromatic carbocycles. The molecule has 11 heavy (non-hydrogen) atoms. The van der Waals surface area contributed by atoms with Gasteiger partial charge in [-0.3, -0.25) is 4.98 Å². The Hall–Kier alpha value is -0.575. The molecule has 0 bridgehead atoms. The lowest BCUT2D eigenvalue weighted by molar-refractivity contribution is 0.425. The topological polar surface area (TPSA) is 53.4 Å². The van der Waals surface area contributed by atoms with Gasteiger partial charge in [-0.05, 0) is 13.0 Å². The van der Waals surface area contributed by atoms with Crippen LogP contribution in [0.2, 0.25) is 5.02 Å². The van der Waals surface area contributed by atoms with E-state index < -0.39 is 7.12 Å². The van der Waals surface area contributed by atoms with E-state index in [0.717, 1.165) is 0 Å². The minimum atomic E-state index is -1.52. The monoisotopic (exact) mass is 171 g/mol. The number of aryl methyl sites for hydroxylation is 1. The van der Waals surface area contributed by atoms with Crippen LogP contribution in [0.5, 0.6) is 0 Å². The summed E-state index contributed by atoms with van der Waals surface area (Å²) in [7, 11) is -1.52. The van der Waals surface area contributed by atoms with Crippen LogP contribution in [-0.2, 0) is 0 Å². The van der Waals surface area contributed by atoms with E-state index in [2.05, 4.69) is 4.98 Å². The van der Waals surface area contributed by atoms with E-state index in [9.17, 15) is 0 Å². The van der Waals surface area contributed by atoms with Crippen molar-refractivity contribution in [3.8, 4) is 0 Å². The van der Waals surface area contributed by atoms with Gasteiger partial charge in [-0.15, -0.1) is 0 Å². The summed E-state index contributed by atoms with van der Waals surface area (Å²) in [5.41, 5.74) is 0.997. The number of hydrogen-bond donors (Lipinski definition) is 2. The fourth-order valence-electron chi connectivity index (χ4n) is 0.762. The molecule has 0 saturated carbocycles. The third-order valence-electron chi connectivity index (χ3n) is 1.30.